The van der Waals surface area contributed by atoms with Crippen molar-refractivity contribution in [1.29, 1.82) is 0 Å². The van der Waals surface area contributed by atoms with Gasteiger partial charge in [0.05, 0.1) is 6.04 Å². The molecular formula is C20H23ClN2O. The van der Waals surface area contributed by atoms with Crippen LogP contribution in [0.2, 0.25) is 5.02 Å². The molecule has 0 aromatic heterocycles. The summed E-state index contributed by atoms with van der Waals surface area (Å²) in [5, 5.41) is 0.704. The highest BCUT2D eigenvalue weighted by molar-refractivity contribution is 6.31. The SMILES string of the molecule is Cc1cccc(CN2CCN(c3ccc(C)c(Cl)c3)C(=O)[C@@H]2C)c1. The summed E-state index contributed by atoms with van der Waals surface area (Å²) in [7, 11) is 0. The molecule has 0 spiro atoms. The van der Waals surface area contributed by atoms with Crippen LogP contribution in [0, 0.1) is 13.8 Å². The van der Waals surface area contributed by atoms with E-state index in [2.05, 4.69) is 36.1 Å². The lowest BCUT2D eigenvalue weighted by molar-refractivity contribution is -0.125. The van der Waals surface area contributed by atoms with Gasteiger partial charge in [0, 0.05) is 30.3 Å². The van der Waals surface area contributed by atoms with Crippen molar-refractivity contribution in [2.24, 2.45) is 0 Å². The third-order valence-corrected chi connectivity index (χ3v) is 5.12. The summed E-state index contributed by atoms with van der Waals surface area (Å²) in [6, 6.07) is 14.2. The highest BCUT2D eigenvalue weighted by atomic mass is 35.5. The number of piperazine rings is 1. The van der Waals surface area contributed by atoms with Gasteiger partial charge in [0.25, 0.3) is 0 Å². The molecule has 2 aromatic rings. The van der Waals surface area contributed by atoms with E-state index in [4.69, 9.17) is 11.6 Å². The Morgan fingerprint density at radius 1 is 1.12 bits per heavy atom. The van der Waals surface area contributed by atoms with E-state index in [1.807, 2.05) is 36.9 Å². The van der Waals surface area contributed by atoms with Crippen LogP contribution in [0.25, 0.3) is 0 Å². The van der Waals surface area contributed by atoms with E-state index in [9.17, 15) is 4.79 Å². The highest BCUT2D eigenvalue weighted by Gasteiger charge is 2.32. The highest BCUT2D eigenvalue weighted by Crippen LogP contribution is 2.26. The number of anilines is 1. The second-order valence-electron chi connectivity index (χ2n) is 6.56. The maximum absolute atomic E-state index is 12.8. The molecule has 0 bridgehead atoms. The van der Waals surface area contributed by atoms with Crippen LogP contribution in [0.1, 0.15) is 23.6 Å². The summed E-state index contributed by atoms with van der Waals surface area (Å²) < 4.78 is 0. The molecule has 1 aliphatic heterocycles. The summed E-state index contributed by atoms with van der Waals surface area (Å²) in [5.74, 6) is 0.133. The lowest BCUT2D eigenvalue weighted by Crippen LogP contribution is -2.55. The van der Waals surface area contributed by atoms with Crippen molar-refractivity contribution in [2.75, 3.05) is 18.0 Å². The van der Waals surface area contributed by atoms with Crippen LogP contribution in [0.15, 0.2) is 42.5 Å². The van der Waals surface area contributed by atoms with Crippen LogP contribution in [-0.2, 0) is 11.3 Å². The number of carbonyl (C=O) groups is 1. The number of nitrogens with zero attached hydrogens (tertiary/aromatic N) is 2. The Morgan fingerprint density at radius 2 is 1.92 bits per heavy atom. The molecule has 1 heterocycles. The zero-order valence-electron chi connectivity index (χ0n) is 14.4. The number of carbonyl (C=O) groups excluding carboxylic acids is 1. The molecule has 3 nitrogen and oxygen atoms in total. The van der Waals surface area contributed by atoms with Gasteiger partial charge in [0.1, 0.15) is 0 Å². The number of rotatable bonds is 3. The first-order valence-electron chi connectivity index (χ1n) is 8.33. The van der Waals surface area contributed by atoms with Gasteiger partial charge >= 0.3 is 0 Å². The number of amides is 1. The summed E-state index contributed by atoms with van der Waals surface area (Å²) in [6.45, 7) is 8.39. The Bertz CT molecular complexity index is 759. The van der Waals surface area contributed by atoms with Crippen molar-refractivity contribution in [1.82, 2.24) is 4.90 Å². The molecule has 126 valence electrons. The van der Waals surface area contributed by atoms with Gasteiger partial charge in [-0.3, -0.25) is 9.69 Å². The Balaban J connectivity index is 1.74. The Hall–Kier alpha value is -1.84. The minimum absolute atomic E-state index is 0.133. The summed E-state index contributed by atoms with van der Waals surface area (Å²) in [5.41, 5.74) is 4.41. The summed E-state index contributed by atoms with van der Waals surface area (Å²) in [4.78, 5) is 16.9. The van der Waals surface area contributed by atoms with Crippen molar-refractivity contribution in [2.45, 2.75) is 33.4 Å². The van der Waals surface area contributed by atoms with Gasteiger partial charge in [-0.2, -0.15) is 0 Å². The van der Waals surface area contributed by atoms with Gasteiger partial charge in [0.15, 0.2) is 0 Å². The number of aryl methyl sites for hydroxylation is 2. The van der Waals surface area contributed by atoms with E-state index in [0.29, 0.717) is 11.6 Å². The second-order valence-corrected chi connectivity index (χ2v) is 6.97. The van der Waals surface area contributed by atoms with Gasteiger partial charge in [-0.05, 0) is 44.0 Å². The van der Waals surface area contributed by atoms with Crippen molar-refractivity contribution >= 4 is 23.2 Å². The van der Waals surface area contributed by atoms with Crippen LogP contribution < -0.4 is 4.90 Å². The first kappa shape index (κ1) is 17.0. The summed E-state index contributed by atoms with van der Waals surface area (Å²) >= 11 is 6.22. The third-order valence-electron chi connectivity index (χ3n) is 4.72. The zero-order chi connectivity index (χ0) is 17.3. The summed E-state index contributed by atoms with van der Waals surface area (Å²) in [6.07, 6.45) is 0. The molecule has 0 N–H and O–H groups in total. The number of hydrogen-bond acceptors (Lipinski definition) is 2. The van der Waals surface area contributed by atoms with Crippen LogP contribution in [0.5, 0.6) is 0 Å². The van der Waals surface area contributed by atoms with Gasteiger partial charge in [-0.25, -0.2) is 0 Å². The molecule has 0 saturated carbocycles. The van der Waals surface area contributed by atoms with E-state index >= 15 is 0 Å². The molecular weight excluding hydrogens is 320 g/mol. The second kappa shape index (κ2) is 6.96. The van der Waals surface area contributed by atoms with Crippen LogP contribution in [0.4, 0.5) is 5.69 Å². The van der Waals surface area contributed by atoms with E-state index in [0.717, 1.165) is 24.3 Å². The molecule has 1 aliphatic rings. The van der Waals surface area contributed by atoms with Gasteiger partial charge in [-0.15, -0.1) is 0 Å². The van der Waals surface area contributed by atoms with Gasteiger partial charge < -0.3 is 4.90 Å². The van der Waals surface area contributed by atoms with Crippen LogP contribution >= 0.6 is 11.6 Å². The minimum Gasteiger partial charge on any atom is -0.310 e. The van der Waals surface area contributed by atoms with Crippen molar-refractivity contribution < 1.29 is 4.79 Å². The Kier molecular flexibility index (Phi) is 4.93. The molecule has 2 aromatic carbocycles. The smallest absolute Gasteiger partial charge is 0.244 e. The van der Waals surface area contributed by atoms with Crippen LogP contribution in [-0.4, -0.2) is 29.9 Å². The maximum Gasteiger partial charge on any atom is 0.244 e. The average molecular weight is 343 g/mol. The molecule has 24 heavy (non-hydrogen) atoms. The van der Waals surface area contributed by atoms with Crippen molar-refractivity contribution in [3.05, 3.63) is 64.2 Å². The first-order valence-corrected chi connectivity index (χ1v) is 8.70. The van der Waals surface area contributed by atoms with E-state index in [1.165, 1.54) is 11.1 Å². The van der Waals surface area contributed by atoms with E-state index in [1.54, 1.807) is 0 Å². The van der Waals surface area contributed by atoms with Crippen molar-refractivity contribution in [3.63, 3.8) is 0 Å². The maximum atomic E-state index is 12.8. The lowest BCUT2D eigenvalue weighted by Gasteiger charge is -2.39. The first-order chi connectivity index (χ1) is 11.5. The largest absolute Gasteiger partial charge is 0.310 e. The quantitative estimate of drug-likeness (QED) is 0.834. The van der Waals surface area contributed by atoms with Gasteiger partial charge in [0.2, 0.25) is 5.91 Å². The molecule has 0 aliphatic carbocycles. The zero-order valence-corrected chi connectivity index (χ0v) is 15.2. The standard InChI is InChI=1S/C20H23ClN2O/c1-14-5-4-6-17(11-14)13-22-9-10-23(20(24)16(22)3)18-8-7-15(2)19(21)12-18/h4-8,11-12,16H,9-10,13H2,1-3H3/t16-/m0/s1. The molecule has 1 amide bonds. The van der Waals surface area contributed by atoms with E-state index in [-0.39, 0.29) is 11.9 Å². The third kappa shape index (κ3) is 3.47. The fraction of sp³-hybridized carbons (Fsp3) is 0.350. The van der Waals surface area contributed by atoms with Crippen molar-refractivity contribution in [3.8, 4) is 0 Å². The molecule has 1 fully saturated rings. The Morgan fingerprint density at radius 3 is 2.62 bits per heavy atom. The molecule has 0 unspecified atom stereocenters. The minimum atomic E-state index is -0.139. The average Bonchev–Trinajstić information content (AvgIpc) is 2.55. The molecule has 3 rings (SSSR count). The molecule has 4 heteroatoms. The monoisotopic (exact) mass is 342 g/mol. The topological polar surface area (TPSA) is 23.6 Å². The Labute approximate surface area is 148 Å². The fourth-order valence-corrected chi connectivity index (χ4v) is 3.36. The lowest BCUT2D eigenvalue weighted by atomic mass is 10.1. The molecule has 1 saturated heterocycles. The number of halogens is 1. The van der Waals surface area contributed by atoms with Gasteiger partial charge in [-0.1, -0.05) is 47.5 Å². The van der Waals surface area contributed by atoms with Crippen LogP contribution in [0.3, 0.4) is 0 Å². The van der Waals surface area contributed by atoms with E-state index < -0.39 is 0 Å². The normalized spacial score (nSPS) is 18.9. The predicted octanol–water partition coefficient (Wildman–Crippen LogP) is 4.19. The fourth-order valence-electron chi connectivity index (χ4n) is 3.18. The number of hydrogen-bond donors (Lipinski definition) is 0. The molecule has 1 atom stereocenters. The number of benzene rings is 2. The molecule has 0 radical (unpaired) electrons. The predicted molar refractivity (Wildman–Crippen MR) is 99.6 cm³/mol.